The fraction of sp³-hybridized carbons (Fsp3) is 0.478. The molecule has 0 spiro atoms. The van der Waals surface area contributed by atoms with Gasteiger partial charge in [0.1, 0.15) is 11.6 Å². The standard InChI is InChI=1S/C23H33FN2O4S/c1-26(16-18-29-2)15-5-3-4-6-17-30-22-11-7-20(8-12-22)19-25-31(27,28)23-13-9-21(24)10-14-23/h7-14,25H,3-6,15-19H2,1-2H3. The molecule has 31 heavy (non-hydrogen) atoms. The summed E-state index contributed by atoms with van der Waals surface area (Å²) in [4.78, 5) is 2.32. The van der Waals surface area contributed by atoms with Crippen molar-refractivity contribution in [2.45, 2.75) is 37.1 Å². The Morgan fingerprint density at radius 2 is 1.58 bits per heavy atom. The lowest BCUT2D eigenvalue weighted by atomic mass is 10.2. The lowest BCUT2D eigenvalue weighted by Gasteiger charge is -2.15. The van der Waals surface area contributed by atoms with Crippen LogP contribution in [0.25, 0.3) is 0 Å². The third kappa shape index (κ3) is 9.78. The van der Waals surface area contributed by atoms with Crippen LogP contribution >= 0.6 is 0 Å². The minimum Gasteiger partial charge on any atom is -0.494 e. The van der Waals surface area contributed by atoms with Crippen LogP contribution in [-0.2, 0) is 21.3 Å². The van der Waals surface area contributed by atoms with E-state index in [1.165, 1.54) is 25.0 Å². The molecule has 0 saturated carbocycles. The average Bonchev–Trinajstić information content (AvgIpc) is 2.76. The molecular weight excluding hydrogens is 419 g/mol. The van der Waals surface area contributed by atoms with Crippen LogP contribution in [-0.4, -0.2) is 53.8 Å². The normalized spacial score (nSPS) is 11.7. The first-order chi connectivity index (χ1) is 14.9. The number of benzene rings is 2. The largest absolute Gasteiger partial charge is 0.494 e. The second kappa shape index (κ2) is 13.4. The van der Waals surface area contributed by atoms with Gasteiger partial charge in [0, 0.05) is 20.2 Å². The molecule has 0 bridgehead atoms. The van der Waals surface area contributed by atoms with E-state index in [9.17, 15) is 12.8 Å². The lowest BCUT2D eigenvalue weighted by Crippen LogP contribution is -2.23. The van der Waals surface area contributed by atoms with Gasteiger partial charge in [-0.25, -0.2) is 17.5 Å². The Morgan fingerprint density at radius 1 is 0.903 bits per heavy atom. The summed E-state index contributed by atoms with van der Waals surface area (Å²) in [5, 5.41) is 0. The maximum absolute atomic E-state index is 13.0. The van der Waals surface area contributed by atoms with Gasteiger partial charge in [0.15, 0.2) is 0 Å². The van der Waals surface area contributed by atoms with Crippen LogP contribution < -0.4 is 9.46 Å². The van der Waals surface area contributed by atoms with Crippen LogP contribution in [0.2, 0.25) is 0 Å². The minimum absolute atomic E-state index is 0.0375. The SMILES string of the molecule is COCCN(C)CCCCCCOc1ccc(CNS(=O)(=O)c2ccc(F)cc2)cc1. The van der Waals surface area contributed by atoms with Crippen LogP contribution in [0.15, 0.2) is 53.4 Å². The van der Waals surface area contributed by atoms with Crippen LogP contribution in [0.5, 0.6) is 5.75 Å². The number of rotatable bonds is 15. The van der Waals surface area contributed by atoms with Gasteiger partial charge in [0.25, 0.3) is 0 Å². The van der Waals surface area contributed by atoms with Crippen LogP contribution in [0.1, 0.15) is 31.2 Å². The zero-order valence-electron chi connectivity index (χ0n) is 18.3. The quantitative estimate of drug-likeness (QED) is 0.416. The predicted molar refractivity (Wildman–Crippen MR) is 120 cm³/mol. The Kier molecular flexibility index (Phi) is 10.9. The van der Waals surface area contributed by atoms with Gasteiger partial charge in [-0.3, -0.25) is 0 Å². The molecule has 2 aromatic carbocycles. The first-order valence-corrected chi connectivity index (χ1v) is 12.0. The Labute approximate surface area is 185 Å². The van der Waals surface area contributed by atoms with Gasteiger partial charge >= 0.3 is 0 Å². The summed E-state index contributed by atoms with van der Waals surface area (Å²) in [5.74, 6) is 0.296. The molecule has 2 aromatic rings. The molecule has 0 amide bonds. The fourth-order valence-corrected chi connectivity index (χ4v) is 3.98. The Bertz CT molecular complexity index is 858. The highest BCUT2D eigenvalue weighted by Crippen LogP contribution is 2.15. The maximum atomic E-state index is 13.0. The molecule has 2 rings (SSSR count). The van der Waals surface area contributed by atoms with E-state index < -0.39 is 15.8 Å². The Morgan fingerprint density at radius 3 is 2.26 bits per heavy atom. The molecule has 172 valence electrons. The first kappa shape index (κ1) is 25.3. The summed E-state index contributed by atoms with van der Waals surface area (Å²) in [6.45, 7) is 3.62. The topological polar surface area (TPSA) is 67.9 Å². The lowest BCUT2D eigenvalue weighted by molar-refractivity contribution is 0.160. The molecule has 0 aliphatic heterocycles. The number of hydrogen-bond acceptors (Lipinski definition) is 5. The molecule has 8 heteroatoms. The van der Waals surface area contributed by atoms with Gasteiger partial charge in [-0.1, -0.05) is 25.0 Å². The molecular formula is C23H33FN2O4S. The smallest absolute Gasteiger partial charge is 0.240 e. The molecule has 0 aromatic heterocycles. The van der Waals surface area contributed by atoms with Gasteiger partial charge in [-0.2, -0.15) is 0 Å². The summed E-state index contributed by atoms with van der Waals surface area (Å²) in [6.07, 6.45) is 4.47. The summed E-state index contributed by atoms with van der Waals surface area (Å²) in [6, 6.07) is 12.1. The van der Waals surface area contributed by atoms with Crippen molar-refractivity contribution in [2.75, 3.05) is 40.5 Å². The van der Waals surface area contributed by atoms with E-state index in [4.69, 9.17) is 9.47 Å². The fourth-order valence-electron chi connectivity index (χ4n) is 2.97. The number of nitrogens with one attached hydrogen (secondary N) is 1. The number of halogens is 1. The van der Waals surface area contributed by atoms with E-state index in [1.807, 2.05) is 24.3 Å². The number of likely N-dealkylation sites (N-methyl/N-ethyl adjacent to an activating group) is 1. The number of methoxy groups -OCH3 is 1. The van der Waals surface area contributed by atoms with Crippen LogP contribution in [0.3, 0.4) is 0 Å². The van der Waals surface area contributed by atoms with Crippen molar-refractivity contribution in [2.24, 2.45) is 0 Å². The molecule has 6 nitrogen and oxygen atoms in total. The molecule has 0 radical (unpaired) electrons. The van der Waals surface area contributed by atoms with Crippen LogP contribution in [0.4, 0.5) is 4.39 Å². The Hall–Kier alpha value is -2.00. The first-order valence-electron chi connectivity index (χ1n) is 10.5. The second-order valence-corrected chi connectivity index (χ2v) is 9.25. The molecule has 0 saturated heterocycles. The highest BCUT2D eigenvalue weighted by molar-refractivity contribution is 7.89. The highest BCUT2D eigenvalue weighted by atomic mass is 32.2. The number of unbranched alkanes of at least 4 members (excludes halogenated alkanes) is 3. The number of sulfonamides is 1. The molecule has 0 atom stereocenters. The molecule has 1 N–H and O–H groups in total. The van der Waals surface area contributed by atoms with E-state index in [-0.39, 0.29) is 11.4 Å². The van der Waals surface area contributed by atoms with Gasteiger partial charge in [0.05, 0.1) is 18.1 Å². The summed E-state index contributed by atoms with van der Waals surface area (Å²) < 4.78 is 50.8. The third-order valence-corrected chi connectivity index (χ3v) is 6.31. The third-order valence-electron chi connectivity index (χ3n) is 4.89. The van der Waals surface area contributed by atoms with Crippen molar-refractivity contribution >= 4 is 10.0 Å². The molecule has 0 unspecified atom stereocenters. The summed E-state index contributed by atoms with van der Waals surface area (Å²) >= 11 is 0. The number of ether oxygens (including phenoxy) is 2. The van der Waals surface area contributed by atoms with Gasteiger partial charge in [-0.15, -0.1) is 0 Å². The number of nitrogens with zero attached hydrogens (tertiary/aromatic N) is 1. The van der Waals surface area contributed by atoms with Crippen molar-refractivity contribution in [3.05, 3.63) is 59.9 Å². The van der Waals surface area contributed by atoms with E-state index in [0.717, 1.165) is 56.0 Å². The van der Waals surface area contributed by atoms with E-state index in [0.29, 0.717) is 6.61 Å². The predicted octanol–water partition coefficient (Wildman–Crippen LogP) is 3.82. The number of hydrogen-bond donors (Lipinski definition) is 1. The summed E-state index contributed by atoms with van der Waals surface area (Å²) in [5.41, 5.74) is 0.815. The van der Waals surface area contributed by atoms with Gasteiger partial charge in [-0.05, 0) is 68.4 Å². The van der Waals surface area contributed by atoms with Crippen molar-refractivity contribution in [1.29, 1.82) is 0 Å². The monoisotopic (exact) mass is 452 g/mol. The van der Waals surface area contributed by atoms with E-state index >= 15 is 0 Å². The highest BCUT2D eigenvalue weighted by Gasteiger charge is 2.13. The molecule has 0 aliphatic rings. The second-order valence-electron chi connectivity index (χ2n) is 7.48. The van der Waals surface area contributed by atoms with Crippen molar-refractivity contribution in [1.82, 2.24) is 9.62 Å². The Balaban J connectivity index is 1.63. The van der Waals surface area contributed by atoms with Crippen molar-refractivity contribution < 1.29 is 22.3 Å². The van der Waals surface area contributed by atoms with E-state index in [1.54, 1.807) is 7.11 Å². The summed E-state index contributed by atoms with van der Waals surface area (Å²) in [7, 11) is 0.154. The minimum atomic E-state index is -3.68. The zero-order chi connectivity index (χ0) is 22.5. The molecule has 0 heterocycles. The molecule has 0 fully saturated rings. The van der Waals surface area contributed by atoms with E-state index in [2.05, 4.69) is 16.7 Å². The average molecular weight is 453 g/mol. The zero-order valence-corrected chi connectivity index (χ0v) is 19.2. The molecule has 0 aliphatic carbocycles. The van der Waals surface area contributed by atoms with Crippen LogP contribution in [0, 0.1) is 5.82 Å². The van der Waals surface area contributed by atoms with Crippen molar-refractivity contribution in [3.63, 3.8) is 0 Å². The maximum Gasteiger partial charge on any atom is 0.240 e. The van der Waals surface area contributed by atoms with Gasteiger partial charge in [0.2, 0.25) is 10.0 Å². The van der Waals surface area contributed by atoms with Crippen molar-refractivity contribution in [3.8, 4) is 5.75 Å². The van der Waals surface area contributed by atoms with Gasteiger partial charge < -0.3 is 14.4 Å².